The number of nitrogens with zero attached hydrogens (tertiary/aromatic N) is 2. The number of hydrogen-bond acceptors (Lipinski definition) is 3. The molecule has 1 saturated heterocycles. The SMILES string of the molecule is CCc1ccccc1NC(=O)CN1C(=O)N/C(=C/c2cc(C)n(CC)c2C)C1=O. The van der Waals surface area contributed by atoms with Crippen LogP contribution in [0, 0.1) is 13.8 Å². The quantitative estimate of drug-likeness (QED) is 0.583. The van der Waals surface area contributed by atoms with Gasteiger partial charge in [-0.05, 0) is 56.5 Å². The van der Waals surface area contributed by atoms with Crippen LogP contribution < -0.4 is 10.6 Å². The first-order valence-electron chi connectivity index (χ1n) is 9.74. The third kappa shape index (κ3) is 4.08. The van der Waals surface area contributed by atoms with Gasteiger partial charge in [0.25, 0.3) is 5.91 Å². The monoisotopic (exact) mass is 394 g/mol. The van der Waals surface area contributed by atoms with Crippen molar-refractivity contribution in [3.05, 3.63) is 58.5 Å². The van der Waals surface area contributed by atoms with E-state index < -0.39 is 17.8 Å². The van der Waals surface area contributed by atoms with Crippen LogP contribution in [-0.4, -0.2) is 33.9 Å². The first-order chi connectivity index (χ1) is 13.8. The van der Waals surface area contributed by atoms with Crippen LogP contribution in [0.25, 0.3) is 6.08 Å². The van der Waals surface area contributed by atoms with Crippen LogP contribution in [0.4, 0.5) is 10.5 Å². The van der Waals surface area contributed by atoms with Crippen molar-refractivity contribution >= 4 is 29.6 Å². The van der Waals surface area contributed by atoms with Gasteiger partial charge in [-0.15, -0.1) is 0 Å². The topological polar surface area (TPSA) is 83.4 Å². The van der Waals surface area contributed by atoms with Gasteiger partial charge in [-0.1, -0.05) is 25.1 Å². The number of anilines is 1. The Morgan fingerprint density at radius 1 is 1.17 bits per heavy atom. The van der Waals surface area contributed by atoms with Crippen LogP contribution >= 0.6 is 0 Å². The predicted molar refractivity (Wildman–Crippen MR) is 112 cm³/mol. The van der Waals surface area contributed by atoms with Gasteiger partial charge >= 0.3 is 6.03 Å². The predicted octanol–water partition coefficient (Wildman–Crippen LogP) is 3.22. The van der Waals surface area contributed by atoms with E-state index in [0.29, 0.717) is 5.69 Å². The number of carbonyl (C=O) groups excluding carboxylic acids is 3. The van der Waals surface area contributed by atoms with Crippen molar-refractivity contribution in [1.82, 2.24) is 14.8 Å². The highest BCUT2D eigenvalue weighted by molar-refractivity contribution is 6.16. The maximum absolute atomic E-state index is 12.7. The number of nitrogens with one attached hydrogen (secondary N) is 2. The Morgan fingerprint density at radius 3 is 2.55 bits per heavy atom. The van der Waals surface area contributed by atoms with Gasteiger partial charge in [0.2, 0.25) is 5.91 Å². The number of aryl methyl sites for hydroxylation is 2. The van der Waals surface area contributed by atoms with Crippen molar-refractivity contribution in [2.45, 2.75) is 40.7 Å². The lowest BCUT2D eigenvalue weighted by Crippen LogP contribution is -2.38. The molecule has 0 saturated carbocycles. The first-order valence-corrected chi connectivity index (χ1v) is 9.74. The number of amides is 4. The number of hydrogen-bond donors (Lipinski definition) is 2. The highest BCUT2D eigenvalue weighted by Crippen LogP contribution is 2.21. The molecule has 29 heavy (non-hydrogen) atoms. The Bertz CT molecular complexity index is 1000. The molecule has 1 aromatic carbocycles. The molecule has 7 heteroatoms. The molecule has 3 rings (SSSR count). The smallest absolute Gasteiger partial charge is 0.329 e. The van der Waals surface area contributed by atoms with Crippen LogP contribution in [0.5, 0.6) is 0 Å². The van der Waals surface area contributed by atoms with Crippen molar-refractivity contribution in [2.24, 2.45) is 0 Å². The lowest BCUT2D eigenvalue weighted by atomic mass is 10.1. The summed E-state index contributed by atoms with van der Waals surface area (Å²) in [5, 5.41) is 5.36. The van der Waals surface area contributed by atoms with E-state index in [2.05, 4.69) is 22.1 Å². The minimum atomic E-state index is -0.593. The van der Waals surface area contributed by atoms with E-state index in [9.17, 15) is 14.4 Å². The van der Waals surface area contributed by atoms with Crippen LogP contribution in [0.1, 0.15) is 36.4 Å². The molecule has 2 N–H and O–H groups in total. The van der Waals surface area contributed by atoms with Gasteiger partial charge in [-0.3, -0.25) is 9.59 Å². The van der Waals surface area contributed by atoms with E-state index >= 15 is 0 Å². The molecule has 1 aliphatic rings. The lowest BCUT2D eigenvalue weighted by Gasteiger charge is -2.13. The Kier molecular flexibility index (Phi) is 5.87. The highest BCUT2D eigenvalue weighted by Gasteiger charge is 2.35. The number of aromatic nitrogens is 1. The molecule has 0 spiro atoms. The minimum absolute atomic E-state index is 0.174. The van der Waals surface area contributed by atoms with Gasteiger partial charge in [-0.2, -0.15) is 0 Å². The minimum Gasteiger partial charge on any atom is -0.349 e. The summed E-state index contributed by atoms with van der Waals surface area (Å²) in [5.74, 6) is -0.921. The maximum atomic E-state index is 12.7. The standard InChI is InChI=1S/C22H26N4O3/c1-5-16-9-7-8-10-18(16)23-20(27)13-26-21(28)19(24-22(26)29)12-17-11-14(3)25(6-2)15(17)4/h7-12H,5-6,13H2,1-4H3,(H,23,27)(H,24,29)/b19-12+. The Morgan fingerprint density at radius 2 is 1.90 bits per heavy atom. The third-order valence-corrected chi connectivity index (χ3v) is 5.17. The summed E-state index contributed by atoms with van der Waals surface area (Å²) in [5.41, 5.74) is 4.83. The van der Waals surface area contributed by atoms with Crippen molar-refractivity contribution in [2.75, 3.05) is 11.9 Å². The van der Waals surface area contributed by atoms with Crippen LogP contribution in [0.3, 0.4) is 0 Å². The molecule has 1 aromatic heterocycles. The molecule has 1 fully saturated rings. The van der Waals surface area contributed by atoms with Crippen molar-refractivity contribution < 1.29 is 14.4 Å². The summed E-state index contributed by atoms with van der Waals surface area (Å²) in [6.07, 6.45) is 2.43. The van der Waals surface area contributed by atoms with E-state index in [4.69, 9.17) is 0 Å². The molecule has 0 radical (unpaired) electrons. The van der Waals surface area contributed by atoms with Gasteiger partial charge < -0.3 is 15.2 Å². The van der Waals surface area contributed by atoms with E-state index in [-0.39, 0.29) is 12.2 Å². The van der Waals surface area contributed by atoms with Crippen LogP contribution in [-0.2, 0) is 22.6 Å². The number of benzene rings is 1. The van der Waals surface area contributed by atoms with Gasteiger partial charge in [-0.25, -0.2) is 9.69 Å². The molecule has 0 aliphatic carbocycles. The van der Waals surface area contributed by atoms with Gasteiger partial charge in [0.15, 0.2) is 0 Å². The fraction of sp³-hybridized carbons (Fsp3) is 0.318. The summed E-state index contributed by atoms with van der Waals surface area (Å²) < 4.78 is 2.13. The van der Waals surface area contributed by atoms with Gasteiger partial charge in [0.05, 0.1) is 0 Å². The molecule has 0 unspecified atom stereocenters. The van der Waals surface area contributed by atoms with E-state index in [1.165, 1.54) is 0 Å². The Hall–Kier alpha value is -3.35. The summed E-state index contributed by atoms with van der Waals surface area (Å²) in [4.78, 5) is 38.3. The van der Waals surface area contributed by atoms with Crippen LogP contribution in [0.15, 0.2) is 36.0 Å². The molecule has 4 amide bonds. The van der Waals surface area contributed by atoms with E-state index in [1.54, 1.807) is 12.1 Å². The molecule has 0 atom stereocenters. The van der Waals surface area contributed by atoms with Crippen molar-refractivity contribution in [3.8, 4) is 0 Å². The zero-order chi connectivity index (χ0) is 21.1. The molecule has 1 aliphatic heterocycles. The second kappa shape index (κ2) is 8.34. The average Bonchev–Trinajstić information content (AvgIpc) is 3.11. The second-order valence-electron chi connectivity index (χ2n) is 7.01. The number of para-hydroxylation sites is 1. The molecule has 7 nitrogen and oxygen atoms in total. The largest absolute Gasteiger partial charge is 0.349 e. The normalized spacial score (nSPS) is 15.2. The van der Waals surface area contributed by atoms with Gasteiger partial charge in [0.1, 0.15) is 12.2 Å². The molecular weight excluding hydrogens is 368 g/mol. The Labute approximate surface area is 170 Å². The third-order valence-electron chi connectivity index (χ3n) is 5.17. The number of rotatable bonds is 6. The summed E-state index contributed by atoms with van der Waals surface area (Å²) in [6, 6.07) is 8.84. The fourth-order valence-electron chi connectivity index (χ4n) is 3.62. The number of imide groups is 1. The van der Waals surface area contributed by atoms with E-state index in [1.807, 2.05) is 45.0 Å². The maximum Gasteiger partial charge on any atom is 0.329 e. The lowest BCUT2D eigenvalue weighted by molar-refractivity contribution is -0.127. The summed E-state index contributed by atoms with van der Waals surface area (Å²) in [7, 11) is 0. The van der Waals surface area contributed by atoms with Crippen LogP contribution in [0.2, 0.25) is 0 Å². The number of urea groups is 1. The zero-order valence-electron chi connectivity index (χ0n) is 17.2. The first kappa shape index (κ1) is 20.4. The van der Waals surface area contributed by atoms with Gasteiger partial charge in [0, 0.05) is 23.6 Å². The molecule has 2 aromatic rings. The van der Waals surface area contributed by atoms with Crippen molar-refractivity contribution in [1.29, 1.82) is 0 Å². The molecule has 2 heterocycles. The fourth-order valence-corrected chi connectivity index (χ4v) is 3.62. The summed E-state index contributed by atoms with van der Waals surface area (Å²) in [6.45, 7) is 8.51. The Balaban J connectivity index is 1.74. The van der Waals surface area contributed by atoms with Crippen molar-refractivity contribution in [3.63, 3.8) is 0 Å². The average molecular weight is 394 g/mol. The molecule has 0 bridgehead atoms. The molecule has 152 valence electrons. The molecular formula is C22H26N4O3. The second-order valence-corrected chi connectivity index (χ2v) is 7.01. The number of carbonyl (C=O) groups is 3. The summed E-state index contributed by atoms with van der Waals surface area (Å²) >= 11 is 0. The van der Waals surface area contributed by atoms with E-state index in [0.717, 1.165) is 40.4 Å². The zero-order valence-corrected chi connectivity index (χ0v) is 17.2. The highest BCUT2D eigenvalue weighted by atomic mass is 16.2.